The first-order valence-corrected chi connectivity index (χ1v) is 10.6. The van der Waals surface area contributed by atoms with E-state index in [1.54, 1.807) is 6.26 Å². The van der Waals surface area contributed by atoms with Crippen LogP contribution >= 0.6 is 0 Å². The monoisotopic (exact) mass is 412 g/mol. The van der Waals surface area contributed by atoms with Gasteiger partial charge in [-0.1, -0.05) is 60.7 Å². The number of benzene rings is 2. The predicted octanol–water partition coefficient (Wildman–Crippen LogP) is 4.74. The molecule has 5 rings (SSSR count). The van der Waals surface area contributed by atoms with Gasteiger partial charge in [-0.2, -0.15) is 0 Å². The van der Waals surface area contributed by atoms with Crippen molar-refractivity contribution in [1.82, 2.24) is 0 Å². The number of ether oxygens (including phenoxy) is 2. The van der Waals surface area contributed by atoms with Gasteiger partial charge >= 0.3 is 0 Å². The van der Waals surface area contributed by atoms with Gasteiger partial charge in [-0.05, 0) is 42.2 Å². The van der Waals surface area contributed by atoms with Crippen molar-refractivity contribution in [3.05, 3.63) is 102 Å². The highest BCUT2D eigenvalue weighted by Crippen LogP contribution is 2.23. The van der Waals surface area contributed by atoms with Gasteiger partial charge in [-0.25, -0.2) is 9.98 Å². The topological polar surface area (TPSA) is 56.3 Å². The van der Waals surface area contributed by atoms with Crippen LogP contribution in [0.1, 0.15) is 16.9 Å². The Morgan fingerprint density at radius 3 is 1.77 bits per heavy atom. The Morgan fingerprint density at radius 2 is 1.29 bits per heavy atom. The van der Waals surface area contributed by atoms with Crippen molar-refractivity contribution in [1.29, 1.82) is 0 Å². The Hall–Kier alpha value is -3.60. The lowest BCUT2D eigenvalue weighted by Gasteiger charge is -2.06. The van der Waals surface area contributed by atoms with Crippen LogP contribution in [0, 0.1) is 0 Å². The minimum atomic E-state index is 0.0690. The number of nitrogens with zero attached hydrogens (tertiary/aromatic N) is 2. The molecule has 0 unspecified atom stereocenters. The molecule has 5 heteroatoms. The molecule has 3 aromatic rings. The SMILES string of the molecule is C(=C(C1=N[C@@H](Cc2ccccc2)CO1)C1=N[C@@H](Cc2ccccc2)CO1)c1ccco1. The smallest absolute Gasteiger partial charge is 0.222 e. The summed E-state index contributed by atoms with van der Waals surface area (Å²) in [5, 5.41) is 0. The van der Waals surface area contributed by atoms with Crippen LogP contribution in [0.2, 0.25) is 0 Å². The van der Waals surface area contributed by atoms with Crippen LogP contribution < -0.4 is 0 Å². The fourth-order valence-corrected chi connectivity index (χ4v) is 3.84. The number of rotatable bonds is 7. The Bertz CT molecular complexity index is 1020. The summed E-state index contributed by atoms with van der Waals surface area (Å²) in [5.74, 6) is 1.85. The summed E-state index contributed by atoms with van der Waals surface area (Å²) in [4.78, 5) is 9.68. The molecule has 0 fully saturated rings. The van der Waals surface area contributed by atoms with Crippen LogP contribution in [-0.4, -0.2) is 37.1 Å². The Balaban J connectivity index is 1.38. The zero-order valence-electron chi connectivity index (χ0n) is 17.2. The van der Waals surface area contributed by atoms with E-state index < -0.39 is 0 Å². The molecule has 2 aromatic carbocycles. The summed E-state index contributed by atoms with van der Waals surface area (Å²) in [7, 11) is 0. The highest BCUT2D eigenvalue weighted by molar-refractivity contribution is 6.22. The molecule has 0 N–H and O–H groups in total. The summed E-state index contributed by atoms with van der Waals surface area (Å²) in [5.41, 5.74) is 3.23. The van der Waals surface area contributed by atoms with Gasteiger partial charge in [0.25, 0.3) is 0 Å². The van der Waals surface area contributed by atoms with Crippen LogP contribution in [0.3, 0.4) is 0 Å². The van der Waals surface area contributed by atoms with Crippen molar-refractivity contribution in [2.24, 2.45) is 9.98 Å². The summed E-state index contributed by atoms with van der Waals surface area (Å²) in [6.07, 6.45) is 5.21. The molecule has 5 nitrogen and oxygen atoms in total. The van der Waals surface area contributed by atoms with E-state index in [9.17, 15) is 0 Å². The van der Waals surface area contributed by atoms with Crippen molar-refractivity contribution < 1.29 is 13.9 Å². The molecule has 0 saturated carbocycles. The van der Waals surface area contributed by atoms with Gasteiger partial charge in [0.05, 0.1) is 18.3 Å². The van der Waals surface area contributed by atoms with Gasteiger partial charge in [0.1, 0.15) is 24.5 Å². The molecule has 0 amide bonds. The van der Waals surface area contributed by atoms with Gasteiger partial charge in [0, 0.05) is 0 Å². The average molecular weight is 412 g/mol. The zero-order valence-corrected chi connectivity index (χ0v) is 17.2. The van der Waals surface area contributed by atoms with Crippen molar-refractivity contribution in [2.75, 3.05) is 13.2 Å². The fraction of sp³-hybridized carbons (Fsp3) is 0.231. The van der Waals surface area contributed by atoms with Crippen LogP contribution in [-0.2, 0) is 22.3 Å². The predicted molar refractivity (Wildman–Crippen MR) is 121 cm³/mol. The molecule has 0 aliphatic carbocycles. The maximum absolute atomic E-state index is 5.99. The quantitative estimate of drug-likeness (QED) is 0.563. The molecule has 31 heavy (non-hydrogen) atoms. The van der Waals surface area contributed by atoms with Gasteiger partial charge in [0.2, 0.25) is 11.8 Å². The summed E-state index contributed by atoms with van der Waals surface area (Å²) < 4.78 is 17.5. The van der Waals surface area contributed by atoms with Crippen molar-refractivity contribution in [3.8, 4) is 0 Å². The van der Waals surface area contributed by atoms with E-state index in [4.69, 9.17) is 23.9 Å². The second-order valence-corrected chi connectivity index (χ2v) is 7.75. The van der Waals surface area contributed by atoms with Gasteiger partial charge in [-0.3, -0.25) is 0 Å². The molecular weight excluding hydrogens is 388 g/mol. The van der Waals surface area contributed by atoms with E-state index in [2.05, 4.69) is 24.3 Å². The molecule has 2 aliphatic heterocycles. The first-order valence-electron chi connectivity index (χ1n) is 10.6. The van der Waals surface area contributed by atoms with Crippen molar-refractivity contribution >= 4 is 17.9 Å². The molecule has 0 spiro atoms. The molecule has 0 bridgehead atoms. The molecule has 0 radical (unpaired) electrons. The standard InChI is InChI=1S/C26H24N2O3/c1-3-8-19(9-4-1)14-21-17-30-25(27-21)24(16-23-12-7-13-29-23)26-28-22(18-31-26)15-20-10-5-2-6-11-20/h1-13,16,21-22H,14-15,17-18H2/t21-,22-/m0/s1. The van der Waals surface area contributed by atoms with Crippen molar-refractivity contribution in [3.63, 3.8) is 0 Å². The molecule has 3 heterocycles. The third-order valence-electron chi connectivity index (χ3n) is 5.34. The maximum atomic E-state index is 5.99. The number of hydrogen-bond donors (Lipinski definition) is 0. The number of furan rings is 1. The van der Waals surface area contributed by atoms with Crippen LogP contribution in [0.5, 0.6) is 0 Å². The third kappa shape index (κ3) is 4.77. The van der Waals surface area contributed by atoms with Gasteiger partial charge < -0.3 is 13.9 Å². The minimum absolute atomic E-state index is 0.0690. The van der Waals surface area contributed by atoms with E-state index in [0.717, 1.165) is 18.4 Å². The Kier molecular flexibility index (Phi) is 5.65. The van der Waals surface area contributed by atoms with Gasteiger partial charge in [0.15, 0.2) is 0 Å². The first kappa shape index (κ1) is 19.4. The van der Waals surface area contributed by atoms with E-state index >= 15 is 0 Å². The highest BCUT2D eigenvalue weighted by atomic mass is 16.5. The van der Waals surface area contributed by atoms with Crippen LogP contribution in [0.15, 0.2) is 99.0 Å². The Morgan fingerprint density at radius 1 is 0.742 bits per heavy atom. The van der Waals surface area contributed by atoms with E-state index in [0.29, 0.717) is 30.8 Å². The summed E-state index contributed by atoms with van der Waals surface area (Å²) in [6, 6.07) is 24.6. The largest absolute Gasteiger partial charge is 0.475 e. The maximum Gasteiger partial charge on any atom is 0.222 e. The molecule has 0 saturated heterocycles. The second-order valence-electron chi connectivity index (χ2n) is 7.75. The second kappa shape index (κ2) is 9.04. The van der Waals surface area contributed by atoms with E-state index in [-0.39, 0.29) is 12.1 Å². The van der Waals surface area contributed by atoms with Crippen molar-refractivity contribution in [2.45, 2.75) is 24.9 Å². The van der Waals surface area contributed by atoms with E-state index in [1.165, 1.54) is 11.1 Å². The van der Waals surface area contributed by atoms with Gasteiger partial charge in [-0.15, -0.1) is 0 Å². The van der Waals surface area contributed by atoms with Crippen LogP contribution in [0.4, 0.5) is 0 Å². The molecule has 2 atom stereocenters. The first-order chi connectivity index (χ1) is 15.3. The number of aliphatic imine (C=N–C) groups is 2. The lowest BCUT2D eigenvalue weighted by molar-refractivity contribution is 0.307. The molecule has 2 aliphatic rings. The zero-order chi connectivity index (χ0) is 20.9. The summed E-state index contributed by atoms with van der Waals surface area (Å²) >= 11 is 0. The highest BCUT2D eigenvalue weighted by Gasteiger charge is 2.30. The Labute approximate surface area is 181 Å². The minimum Gasteiger partial charge on any atom is -0.475 e. The molecular formula is C26H24N2O3. The van der Waals surface area contributed by atoms with Crippen LogP contribution in [0.25, 0.3) is 6.08 Å². The third-order valence-corrected chi connectivity index (χ3v) is 5.34. The molecule has 1 aromatic heterocycles. The lowest BCUT2D eigenvalue weighted by Crippen LogP contribution is -2.14. The average Bonchev–Trinajstić information content (AvgIpc) is 3.56. The van der Waals surface area contributed by atoms with E-state index in [1.807, 2.05) is 54.6 Å². The molecule has 156 valence electrons. The fourth-order valence-electron chi connectivity index (χ4n) is 3.84. The lowest BCUT2D eigenvalue weighted by atomic mass is 10.1. The normalized spacial score (nSPS) is 19.9. The number of hydrogen-bond acceptors (Lipinski definition) is 5. The summed E-state index contributed by atoms with van der Waals surface area (Å²) in [6.45, 7) is 1.08.